The number of anilines is 1. The standard InChI is InChI=1S/C32H44N8O10S2/c1-30(2,35)18-8-10-19(11-9-18)36-25(33)17-6-12-21-16(14-17)7-13-22(48-21)32(5,28(43)44)49-39-23(20-15-51-29(34)37-20)26(41)38-24-27(42)40(31(24,3)4)50-52(45,46)47/h6,12,14-15,18-19,22,24H,7-11,13,35H2,1-5H3,(H2,33,36)(H2,34,37)(H,38,41)(H,43,44)(H,45,46,47)/b39-23-/t18-,19-,22-,24-,32+/m1/s1. The van der Waals surface area contributed by atoms with Gasteiger partial charge in [-0.25, -0.2) is 9.78 Å². The number of thiazole rings is 1. The van der Waals surface area contributed by atoms with Gasteiger partial charge in [0.15, 0.2) is 16.9 Å². The van der Waals surface area contributed by atoms with Gasteiger partial charge in [0.05, 0.1) is 5.54 Å². The number of nitrogens with two attached hydrogens (primary N) is 2. The molecule has 18 nitrogen and oxygen atoms in total. The van der Waals surface area contributed by atoms with Crippen LogP contribution in [0.25, 0.3) is 0 Å². The fraction of sp³-hybridized carbons (Fsp3) is 0.562. The van der Waals surface area contributed by atoms with Crippen molar-refractivity contribution in [3.63, 3.8) is 0 Å². The van der Waals surface area contributed by atoms with Crippen molar-refractivity contribution in [3.05, 3.63) is 40.4 Å². The molecule has 2 fully saturated rings. The van der Waals surface area contributed by atoms with E-state index in [9.17, 15) is 27.9 Å². The number of nitrogen functional groups attached to an aromatic ring is 1. The maximum atomic E-state index is 13.5. The highest BCUT2D eigenvalue weighted by Crippen LogP contribution is 2.36. The van der Waals surface area contributed by atoms with E-state index in [2.05, 4.69) is 25.1 Å². The first-order chi connectivity index (χ1) is 24.1. The number of oxime groups is 1. The Hall–Kier alpha value is -4.37. The Morgan fingerprint density at radius 2 is 1.85 bits per heavy atom. The smallest absolute Gasteiger partial charge is 0.418 e. The Kier molecular flexibility index (Phi) is 10.6. The minimum Gasteiger partial charge on any atom is -0.485 e. The molecule has 0 radical (unpaired) electrons. The van der Waals surface area contributed by atoms with Crippen molar-refractivity contribution in [2.45, 2.75) is 108 Å². The van der Waals surface area contributed by atoms with E-state index in [0.29, 0.717) is 28.7 Å². The van der Waals surface area contributed by atoms with Gasteiger partial charge in [-0.15, -0.1) is 15.6 Å². The van der Waals surface area contributed by atoms with E-state index in [0.717, 1.165) is 42.6 Å². The van der Waals surface area contributed by atoms with E-state index in [-0.39, 0.29) is 34.7 Å². The molecule has 3 atom stereocenters. The maximum absolute atomic E-state index is 13.5. The molecule has 0 bridgehead atoms. The van der Waals surface area contributed by atoms with Gasteiger partial charge >= 0.3 is 16.4 Å². The number of hydroxylamine groups is 2. The van der Waals surface area contributed by atoms with Gasteiger partial charge in [0.25, 0.3) is 17.4 Å². The first kappa shape index (κ1) is 38.9. The highest BCUT2D eigenvalue weighted by Gasteiger charge is 2.58. The van der Waals surface area contributed by atoms with Gasteiger partial charge in [0.2, 0.25) is 0 Å². The topological polar surface area (TPSA) is 282 Å². The largest absolute Gasteiger partial charge is 0.485 e. The van der Waals surface area contributed by atoms with Crippen molar-refractivity contribution < 1.29 is 46.3 Å². The third-order valence-corrected chi connectivity index (χ3v) is 10.9. The van der Waals surface area contributed by atoms with Gasteiger partial charge < -0.3 is 36.8 Å². The second-order valence-electron chi connectivity index (χ2n) is 14.6. The summed E-state index contributed by atoms with van der Waals surface area (Å²) < 4.78 is 41.8. The lowest BCUT2D eigenvalue weighted by atomic mass is 9.76. The van der Waals surface area contributed by atoms with Crippen LogP contribution in [0.3, 0.4) is 0 Å². The SMILES string of the molecule is CC1(C)[C@H](NC(=O)/C(=N\O[C@](C)(C(=O)O)[C@H]2CCc3cc(C(=N)N[C@H]4CC[C@H](C(C)(C)N)CC4)ccc3O2)c2csc(N)n2)C(=O)N1OS(=O)(=O)O. The summed E-state index contributed by atoms with van der Waals surface area (Å²) in [6.45, 7) is 8.09. The van der Waals surface area contributed by atoms with Crippen LogP contribution in [0.4, 0.5) is 5.13 Å². The highest BCUT2D eigenvalue weighted by molar-refractivity contribution is 7.80. The number of carboxylic acids is 1. The molecule has 2 aliphatic heterocycles. The Bertz CT molecular complexity index is 1880. The molecular weight excluding hydrogens is 721 g/mol. The van der Waals surface area contributed by atoms with Crippen molar-refractivity contribution in [3.8, 4) is 5.75 Å². The maximum Gasteiger partial charge on any atom is 0.418 e. The van der Waals surface area contributed by atoms with Crippen molar-refractivity contribution in [2.24, 2.45) is 16.8 Å². The van der Waals surface area contributed by atoms with Crippen LogP contribution in [0.2, 0.25) is 0 Å². The van der Waals surface area contributed by atoms with E-state index in [1.807, 2.05) is 19.9 Å². The molecule has 3 aliphatic rings. The quantitative estimate of drug-likeness (QED) is 0.0533. The zero-order chi connectivity index (χ0) is 38.4. The number of hydrogen-bond acceptors (Lipinski definition) is 14. The summed E-state index contributed by atoms with van der Waals surface area (Å²) in [5.74, 6) is -2.33. The molecule has 3 heterocycles. The molecule has 284 valence electrons. The van der Waals surface area contributed by atoms with Gasteiger partial charge in [0.1, 0.15) is 23.3 Å². The summed E-state index contributed by atoms with van der Waals surface area (Å²) in [6, 6.07) is 4.07. The van der Waals surface area contributed by atoms with Gasteiger partial charge in [0, 0.05) is 22.5 Å². The number of rotatable bonds is 12. The third kappa shape index (κ3) is 8.15. The fourth-order valence-corrected chi connectivity index (χ4v) is 7.60. The molecule has 0 spiro atoms. The highest BCUT2D eigenvalue weighted by atomic mass is 32.3. The number of aromatic nitrogens is 1. The molecule has 20 heteroatoms. The zero-order valence-electron chi connectivity index (χ0n) is 29.3. The fourth-order valence-electron chi connectivity index (χ4n) is 6.60. The molecule has 9 N–H and O–H groups in total. The lowest BCUT2D eigenvalue weighted by molar-refractivity contribution is -0.218. The van der Waals surface area contributed by atoms with E-state index in [4.69, 9.17) is 31.0 Å². The lowest BCUT2D eigenvalue weighted by Crippen LogP contribution is -2.76. The molecule has 1 saturated heterocycles. The Labute approximate surface area is 304 Å². The number of aliphatic carboxylic acids is 1. The number of nitrogens with zero attached hydrogens (tertiary/aromatic N) is 3. The van der Waals surface area contributed by atoms with Gasteiger partial charge in [-0.1, -0.05) is 5.16 Å². The summed E-state index contributed by atoms with van der Waals surface area (Å²) in [5.41, 5.74) is 9.12. The molecule has 2 amide bonds. The van der Waals surface area contributed by atoms with Gasteiger partial charge in [-0.05, 0) is 103 Å². The Balaban J connectivity index is 1.29. The van der Waals surface area contributed by atoms with Crippen LogP contribution in [0, 0.1) is 11.3 Å². The molecule has 5 rings (SSSR count). The average Bonchev–Trinajstić information content (AvgIpc) is 3.50. The van der Waals surface area contributed by atoms with Crippen molar-refractivity contribution in [2.75, 3.05) is 5.73 Å². The number of carbonyl (C=O) groups is 3. The molecular formula is C32H44N8O10S2. The lowest BCUT2D eigenvalue weighted by Gasteiger charge is -2.50. The summed E-state index contributed by atoms with van der Waals surface area (Å²) in [5, 5.41) is 30.5. The number of carboxylic acid groups (broad SMARTS) is 1. The number of nitrogens with one attached hydrogen (secondary N) is 3. The van der Waals surface area contributed by atoms with Crippen molar-refractivity contribution in [1.82, 2.24) is 20.7 Å². The van der Waals surface area contributed by atoms with E-state index >= 15 is 0 Å². The molecule has 1 aromatic heterocycles. The van der Waals surface area contributed by atoms with Crippen LogP contribution < -0.4 is 26.8 Å². The molecule has 52 heavy (non-hydrogen) atoms. The van der Waals surface area contributed by atoms with Crippen LogP contribution in [0.5, 0.6) is 5.75 Å². The minimum absolute atomic E-state index is 0.0576. The van der Waals surface area contributed by atoms with E-state index in [1.54, 1.807) is 12.1 Å². The number of fused-ring (bicyclic) bond motifs is 1. The third-order valence-electron chi connectivity index (χ3n) is 9.89. The Morgan fingerprint density at radius 1 is 1.17 bits per heavy atom. The van der Waals surface area contributed by atoms with Crippen molar-refractivity contribution >= 4 is 56.2 Å². The van der Waals surface area contributed by atoms with Crippen LogP contribution in [0.15, 0.2) is 28.7 Å². The molecule has 1 saturated carbocycles. The first-order valence-electron chi connectivity index (χ1n) is 16.6. The molecule has 0 unspecified atom stereocenters. The monoisotopic (exact) mass is 764 g/mol. The van der Waals surface area contributed by atoms with Gasteiger partial charge in [-0.3, -0.25) is 19.6 Å². The molecule has 1 aromatic carbocycles. The number of hydrogen-bond donors (Lipinski definition) is 7. The predicted molar refractivity (Wildman–Crippen MR) is 189 cm³/mol. The van der Waals surface area contributed by atoms with E-state index in [1.165, 1.54) is 26.2 Å². The Morgan fingerprint density at radius 3 is 2.40 bits per heavy atom. The second kappa shape index (κ2) is 14.2. The van der Waals surface area contributed by atoms with Crippen LogP contribution in [-0.2, 0) is 40.3 Å². The number of benzene rings is 1. The summed E-state index contributed by atoms with van der Waals surface area (Å²) >= 11 is 0.965. The normalized spacial score (nSPS) is 24.4. The van der Waals surface area contributed by atoms with Crippen LogP contribution in [0.1, 0.15) is 83.5 Å². The van der Waals surface area contributed by atoms with E-state index < -0.39 is 57.2 Å². The van der Waals surface area contributed by atoms with Gasteiger partial charge in [-0.2, -0.15) is 13.5 Å². The van der Waals surface area contributed by atoms with Crippen LogP contribution >= 0.6 is 11.3 Å². The number of β-lactam (4-membered cyclic amide) rings is 1. The summed E-state index contributed by atoms with van der Waals surface area (Å²) in [4.78, 5) is 48.5. The number of ether oxygens (including phenoxy) is 1. The second-order valence-corrected chi connectivity index (χ2v) is 16.5. The van der Waals surface area contributed by atoms with Crippen LogP contribution in [-0.4, -0.2) is 92.3 Å². The summed E-state index contributed by atoms with van der Waals surface area (Å²) in [7, 11) is -5.03. The number of aryl methyl sites for hydroxylation is 1. The average molecular weight is 765 g/mol. The molecule has 1 aliphatic carbocycles. The van der Waals surface area contributed by atoms with Crippen molar-refractivity contribution in [1.29, 1.82) is 5.41 Å². The predicted octanol–water partition coefficient (Wildman–Crippen LogP) is 1.73. The number of amides is 2. The first-order valence-corrected chi connectivity index (χ1v) is 18.8. The minimum atomic E-state index is -5.03. The number of carbonyl (C=O) groups excluding carboxylic acids is 2. The summed E-state index contributed by atoms with van der Waals surface area (Å²) in [6.07, 6.45) is 3.31. The zero-order valence-corrected chi connectivity index (χ0v) is 31.0. The molecule has 2 aromatic rings. The number of amidine groups is 1.